The lowest BCUT2D eigenvalue weighted by Gasteiger charge is -2.34. The van der Waals surface area contributed by atoms with Crippen LogP contribution in [0.25, 0.3) is 11.3 Å². The second kappa shape index (κ2) is 7.98. The predicted molar refractivity (Wildman–Crippen MR) is 109 cm³/mol. The van der Waals surface area contributed by atoms with E-state index >= 15 is 0 Å². The van der Waals surface area contributed by atoms with Gasteiger partial charge in [-0.2, -0.15) is 0 Å². The summed E-state index contributed by atoms with van der Waals surface area (Å²) in [6.07, 6.45) is 0. The Hall–Kier alpha value is -2.93. The molecule has 1 fully saturated rings. The Bertz CT molecular complexity index is 983. The summed E-state index contributed by atoms with van der Waals surface area (Å²) in [6, 6.07) is 13.7. The van der Waals surface area contributed by atoms with Crippen LogP contribution in [0.15, 0.2) is 53.9 Å². The van der Waals surface area contributed by atoms with Crippen molar-refractivity contribution in [2.45, 2.75) is 0 Å². The number of nitrogens with zero attached hydrogens (tertiary/aromatic N) is 3. The summed E-state index contributed by atoms with van der Waals surface area (Å²) in [5, 5.41) is 2.98. The number of ether oxygens (including phenoxy) is 1. The third-order valence-electron chi connectivity index (χ3n) is 4.77. The maximum atomic E-state index is 13.4. The number of thiazole rings is 1. The quantitative estimate of drug-likeness (QED) is 0.669. The van der Waals surface area contributed by atoms with Gasteiger partial charge in [0.05, 0.1) is 12.8 Å². The van der Waals surface area contributed by atoms with Crippen molar-refractivity contribution in [3.63, 3.8) is 0 Å². The number of amides is 1. The Morgan fingerprint density at radius 1 is 1.11 bits per heavy atom. The number of carbonyl (C=O) groups is 1. The van der Waals surface area contributed by atoms with Gasteiger partial charge in [0, 0.05) is 42.7 Å². The molecule has 0 atom stereocenters. The molecule has 0 unspecified atom stereocenters. The first-order valence-corrected chi connectivity index (χ1v) is 9.92. The first-order valence-electron chi connectivity index (χ1n) is 9.04. The monoisotopic (exact) mass is 397 g/mol. The molecule has 3 aromatic rings. The molecule has 5 nitrogen and oxygen atoms in total. The minimum Gasteiger partial charge on any atom is -0.497 e. The van der Waals surface area contributed by atoms with E-state index in [0.29, 0.717) is 31.7 Å². The normalized spacial score (nSPS) is 14.2. The highest BCUT2D eigenvalue weighted by Crippen LogP contribution is 2.30. The minimum atomic E-state index is -0.391. The number of halogens is 1. The van der Waals surface area contributed by atoms with Gasteiger partial charge in [-0.25, -0.2) is 9.37 Å². The summed E-state index contributed by atoms with van der Waals surface area (Å²) >= 11 is 1.59. The molecule has 0 N–H and O–H groups in total. The highest BCUT2D eigenvalue weighted by molar-refractivity contribution is 7.14. The van der Waals surface area contributed by atoms with Crippen LogP contribution in [-0.4, -0.2) is 49.1 Å². The van der Waals surface area contributed by atoms with Crippen molar-refractivity contribution in [2.75, 3.05) is 38.2 Å². The van der Waals surface area contributed by atoms with Crippen LogP contribution in [0.3, 0.4) is 0 Å². The Kier molecular flexibility index (Phi) is 5.25. The van der Waals surface area contributed by atoms with Crippen LogP contribution < -0.4 is 9.64 Å². The van der Waals surface area contributed by atoms with Gasteiger partial charge in [0.25, 0.3) is 5.91 Å². The second-order valence-corrected chi connectivity index (χ2v) is 7.37. The fourth-order valence-corrected chi connectivity index (χ4v) is 4.12. The zero-order valence-electron chi connectivity index (χ0n) is 15.5. The van der Waals surface area contributed by atoms with Crippen LogP contribution in [-0.2, 0) is 0 Å². The Labute approximate surface area is 167 Å². The highest BCUT2D eigenvalue weighted by atomic mass is 32.1. The van der Waals surface area contributed by atoms with Gasteiger partial charge < -0.3 is 14.5 Å². The van der Waals surface area contributed by atoms with E-state index in [0.717, 1.165) is 22.1 Å². The van der Waals surface area contributed by atoms with Gasteiger partial charge in [-0.1, -0.05) is 18.2 Å². The van der Waals surface area contributed by atoms with Crippen molar-refractivity contribution >= 4 is 22.4 Å². The topological polar surface area (TPSA) is 45.7 Å². The van der Waals surface area contributed by atoms with E-state index in [-0.39, 0.29) is 5.91 Å². The molecule has 28 heavy (non-hydrogen) atoms. The van der Waals surface area contributed by atoms with Crippen LogP contribution in [0.4, 0.5) is 9.52 Å². The van der Waals surface area contributed by atoms with Crippen LogP contribution in [0.5, 0.6) is 5.75 Å². The molecule has 2 aromatic carbocycles. The molecule has 4 rings (SSSR count). The largest absolute Gasteiger partial charge is 0.497 e. The summed E-state index contributed by atoms with van der Waals surface area (Å²) in [6.45, 7) is 2.57. The number of rotatable bonds is 4. The molecular formula is C21H20FN3O2S. The molecule has 2 heterocycles. The van der Waals surface area contributed by atoms with Crippen molar-refractivity contribution in [3.05, 3.63) is 65.3 Å². The van der Waals surface area contributed by atoms with Crippen molar-refractivity contribution in [1.29, 1.82) is 0 Å². The van der Waals surface area contributed by atoms with Gasteiger partial charge in [0.15, 0.2) is 5.13 Å². The Balaban J connectivity index is 1.41. The maximum Gasteiger partial charge on any atom is 0.254 e. The van der Waals surface area contributed by atoms with Gasteiger partial charge in [-0.15, -0.1) is 11.3 Å². The van der Waals surface area contributed by atoms with E-state index in [4.69, 9.17) is 9.72 Å². The average molecular weight is 397 g/mol. The fourth-order valence-electron chi connectivity index (χ4n) is 3.23. The molecule has 1 saturated heterocycles. The Morgan fingerprint density at radius 2 is 1.89 bits per heavy atom. The van der Waals surface area contributed by atoms with Gasteiger partial charge >= 0.3 is 0 Å². The number of carbonyl (C=O) groups excluding carboxylic acids is 1. The van der Waals surface area contributed by atoms with Gasteiger partial charge in [-0.3, -0.25) is 4.79 Å². The molecule has 1 aliphatic heterocycles. The summed E-state index contributed by atoms with van der Waals surface area (Å²) in [7, 11) is 1.65. The van der Waals surface area contributed by atoms with E-state index in [2.05, 4.69) is 4.90 Å². The zero-order chi connectivity index (χ0) is 19.5. The smallest absolute Gasteiger partial charge is 0.254 e. The van der Waals surface area contributed by atoms with Crippen molar-refractivity contribution in [3.8, 4) is 17.0 Å². The van der Waals surface area contributed by atoms with E-state index in [1.54, 1.807) is 35.5 Å². The van der Waals surface area contributed by atoms with Gasteiger partial charge in [0.1, 0.15) is 11.6 Å². The summed E-state index contributed by atoms with van der Waals surface area (Å²) in [5.41, 5.74) is 2.32. The molecular weight excluding hydrogens is 377 g/mol. The molecule has 0 radical (unpaired) electrons. The van der Waals surface area contributed by atoms with E-state index in [1.807, 2.05) is 29.6 Å². The molecule has 0 aliphatic carbocycles. The van der Waals surface area contributed by atoms with Crippen LogP contribution in [0.1, 0.15) is 10.4 Å². The lowest BCUT2D eigenvalue weighted by atomic mass is 10.1. The van der Waals surface area contributed by atoms with Crippen LogP contribution in [0, 0.1) is 5.82 Å². The molecule has 0 bridgehead atoms. The zero-order valence-corrected chi connectivity index (χ0v) is 16.3. The predicted octanol–water partition coefficient (Wildman–Crippen LogP) is 3.92. The average Bonchev–Trinajstić information content (AvgIpc) is 3.24. The fraction of sp³-hybridized carbons (Fsp3) is 0.238. The Morgan fingerprint density at radius 3 is 2.64 bits per heavy atom. The summed E-state index contributed by atoms with van der Waals surface area (Å²) in [4.78, 5) is 21.3. The molecule has 1 aromatic heterocycles. The van der Waals surface area contributed by atoms with E-state index in [9.17, 15) is 9.18 Å². The summed E-state index contributed by atoms with van der Waals surface area (Å²) in [5.74, 6) is 0.282. The van der Waals surface area contributed by atoms with Crippen LogP contribution in [0.2, 0.25) is 0 Å². The maximum absolute atomic E-state index is 13.4. The number of piperazine rings is 1. The minimum absolute atomic E-state index is 0.129. The van der Waals surface area contributed by atoms with Crippen molar-refractivity contribution in [1.82, 2.24) is 9.88 Å². The number of hydrogen-bond donors (Lipinski definition) is 0. The molecule has 1 aliphatic rings. The molecule has 0 saturated carbocycles. The third-order valence-corrected chi connectivity index (χ3v) is 5.67. The standard InChI is InChI=1S/C21H20FN3O2S/c1-27-18-7-3-4-15(13-18)19-14-28-21(23-19)25-10-8-24(9-11-25)20(26)16-5-2-6-17(22)12-16/h2-7,12-14H,8-11H2,1H3. The van der Waals surface area contributed by atoms with Gasteiger partial charge in [-0.05, 0) is 30.3 Å². The number of benzene rings is 2. The van der Waals surface area contributed by atoms with Crippen LogP contribution >= 0.6 is 11.3 Å². The second-order valence-electron chi connectivity index (χ2n) is 6.54. The first-order chi connectivity index (χ1) is 13.6. The van der Waals surface area contributed by atoms with E-state index < -0.39 is 5.82 Å². The van der Waals surface area contributed by atoms with Crippen molar-refractivity contribution in [2.24, 2.45) is 0 Å². The lowest BCUT2D eigenvalue weighted by Crippen LogP contribution is -2.48. The molecule has 0 spiro atoms. The first kappa shape index (κ1) is 18.4. The SMILES string of the molecule is COc1cccc(-c2csc(N3CCN(C(=O)c4cccc(F)c4)CC3)n2)c1. The number of aromatic nitrogens is 1. The molecule has 1 amide bonds. The third kappa shape index (κ3) is 3.84. The van der Waals surface area contributed by atoms with Gasteiger partial charge in [0.2, 0.25) is 0 Å². The van der Waals surface area contributed by atoms with E-state index in [1.165, 1.54) is 12.1 Å². The molecule has 7 heteroatoms. The number of anilines is 1. The number of methoxy groups -OCH3 is 1. The number of hydrogen-bond acceptors (Lipinski definition) is 5. The lowest BCUT2D eigenvalue weighted by molar-refractivity contribution is 0.0746. The highest BCUT2D eigenvalue weighted by Gasteiger charge is 2.24. The molecule has 144 valence electrons. The summed E-state index contributed by atoms with van der Waals surface area (Å²) < 4.78 is 18.7. The van der Waals surface area contributed by atoms with Crippen molar-refractivity contribution < 1.29 is 13.9 Å².